The number of nitrogens with one attached hydrogen (secondary N) is 1. The van der Waals surface area contributed by atoms with Gasteiger partial charge in [0.2, 0.25) is 5.91 Å². The maximum absolute atomic E-state index is 12.5. The van der Waals surface area contributed by atoms with Crippen molar-refractivity contribution in [1.82, 2.24) is 5.32 Å². The molecule has 0 bridgehead atoms. The van der Waals surface area contributed by atoms with E-state index >= 15 is 0 Å². The Morgan fingerprint density at radius 2 is 1.68 bits per heavy atom. The summed E-state index contributed by atoms with van der Waals surface area (Å²) in [7, 11) is 3.07. The van der Waals surface area contributed by atoms with Crippen molar-refractivity contribution in [3.8, 4) is 11.5 Å². The third-order valence-electron chi connectivity index (χ3n) is 4.69. The molecule has 0 saturated heterocycles. The minimum absolute atomic E-state index is 0.0703. The summed E-state index contributed by atoms with van der Waals surface area (Å²) in [5.41, 5.74) is 1.04. The number of amides is 1. The molecule has 0 fully saturated rings. The maximum Gasteiger partial charge on any atom is 0.336 e. The van der Waals surface area contributed by atoms with E-state index in [9.17, 15) is 14.4 Å². The van der Waals surface area contributed by atoms with Gasteiger partial charge < -0.3 is 23.9 Å². The molecule has 0 radical (unpaired) electrons. The lowest BCUT2D eigenvalue weighted by Crippen LogP contribution is -2.28. The number of esters is 1. The summed E-state index contributed by atoms with van der Waals surface area (Å²) in [4.78, 5) is 36.0. The average molecular weight is 425 g/mol. The Bertz CT molecular complexity index is 1130. The highest BCUT2D eigenvalue weighted by molar-refractivity contribution is 5.82. The Morgan fingerprint density at radius 1 is 1.00 bits per heavy atom. The Kier molecular flexibility index (Phi) is 6.92. The molecule has 1 amide bonds. The van der Waals surface area contributed by atoms with Gasteiger partial charge in [-0.3, -0.25) is 9.59 Å². The van der Waals surface area contributed by atoms with E-state index in [1.807, 2.05) is 0 Å². The van der Waals surface area contributed by atoms with Crippen LogP contribution < -0.4 is 20.4 Å². The molecule has 2 aromatic carbocycles. The first kappa shape index (κ1) is 21.9. The number of hydrogen-bond donors (Lipinski definition) is 1. The van der Waals surface area contributed by atoms with Crippen LogP contribution in [0.2, 0.25) is 0 Å². The third kappa shape index (κ3) is 5.63. The van der Waals surface area contributed by atoms with E-state index in [4.69, 9.17) is 18.6 Å². The lowest BCUT2D eigenvalue weighted by atomic mass is 10.0. The van der Waals surface area contributed by atoms with Gasteiger partial charge in [-0.1, -0.05) is 12.1 Å². The van der Waals surface area contributed by atoms with Crippen LogP contribution in [0.5, 0.6) is 11.5 Å². The summed E-state index contributed by atoms with van der Waals surface area (Å²) in [5.74, 6) is 0.417. The van der Waals surface area contributed by atoms with Crippen LogP contribution in [0.1, 0.15) is 30.5 Å². The average Bonchev–Trinajstić information content (AvgIpc) is 2.76. The molecule has 1 heterocycles. The van der Waals surface area contributed by atoms with E-state index in [2.05, 4.69) is 5.32 Å². The molecule has 1 N–H and O–H groups in total. The first-order valence-corrected chi connectivity index (χ1v) is 9.57. The smallest absolute Gasteiger partial charge is 0.336 e. The van der Waals surface area contributed by atoms with Crippen molar-refractivity contribution in [2.75, 3.05) is 14.2 Å². The standard InChI is InChI=1S/C23H23NO7/c1-14(25)24-20(15-4-6-17(28-2)7-5-15)12-22(26)30-13-16-10-23(27)31-21-11-18(29-3)8-9-19(16)21/h4-11,20H,12-13H2,1-3H3,(H,24,25)/t20-/m0/s1. The van der Waals surface area contributed by atoms with Gasteiger partial charge in [0.15, 0.2) is 0 Å². The van der Waals surface area contributed by atoms with Gasteiger partial charge in [-0.15, -0.1) is 0 Å². The van der Waals surface area contributed by atoms with E-state index in [1.165, 1.54) is 20.1 Å². The molecule has 0 saturated carbocycles. The number of benzene rings is 2. The number of hydrogen-bond acceptors (Lipinski definition) is 7. The molecule has 8 nitrogen and oxygen atoms in total. The van der Waals surface area contributed by atoms with Gasteiger partial charge in [0.05, 0.1) is 26.7 Å². The fourth-order valence-corrected chi connectivity index (χ4v) is 3.17. The SMILES string of the molecule is COc1ccc([C@H](CC(=O)OCc2cc(=O)oc3cc(OC)ccc23)NC(C)=O)cc1. The van der Waals surface area contributed by atoms with Gasteiger partial charge in [0.25, 0.3) is 0 Å². The van der Waals surface area contributed by atoms with Crippen LogP contribution in [-0.4, -0.2) is 26.1 Å². The molecule has 0 aliphatic heterocycles. The van der Waals surface area contributed by atoms with E-state index in [1.54, 1.807) is 49.6 Å². The van der Waals surface area contributed by atoms with Crippen molar-refractivity contribution in [2.45, 2.75) is 26.0 Å². The number of carbonyl (C=O) groups is 2. The van der Waals surface area contributed by atoms with Gasteiger partial charge in [-0.2, -0.15) is 0 Å². The van der Waals surface area contributed by atoms with Crippen molar-refractivity contribution < 1.29 is 28.2 Å². The van der Waals surface area contributed by atoms with Crippen molar-refractivity contribution in [3.05, 3.63) is 70.1 Å². The molecule has 8 heteroatoms. The molecular formula is C23H23NO7. The number of rotatable bonds is 8. The molecule has 0 aliphatic rings. The second-order valence-corrected chi connectivity index (χ2v) is 6.84. The minimum atomic E-state index is -0.558. The number of fused-ring (bicyclic) bond motifs is 1. The van der Waals surface area contributed by atoms with E-state index in [0.29, 0.717) is 28.0 Å². The second kappa shape index (κ2) is 9.80. The summed E-state index contributed by atoms with van der Waals surface area (Å²) in [6.45, 7) is 1.27. The van der Waals surface area contributed by atoms with Crippen LogP contribution in [0.4, 0.5) is 0 Å². The van der Waals surface area contributed by atoms with Gasteiger partial charge in [0.1, 0.15) is 23.7 Å². The number of methoxy groups -OCH3 is 2. The van der Waals surface area contributed by atoms with Crippen molar-refractivity contribution in [2.24, 2.45) is 0 Å². The first-order valence-electron chi connectivity index (χ1n) is 9.57. The summed E-state index contributed by atoms with van der Waals surface area (Å²) >= 11 is 0. The highest BCUT2D eigenvalue weighted by Crippen LogP contribution is 2.24. The Hall–Kier alpha value is -3.81. The molecular weight excluding hydrogens is 402 g/mol. The lowest BCUT2D eigenvalue weighted by molar-refractivity contribution is -0.145. The fraction of sp³-hybridized carbons (Fsp3) is 0.261. The zero-order valence-electron chi connectivity index (χ0n) is 17.5. The lowest BCUT2D eigenvalue weighted by Gasteiger charge is -2.18. The summed E-state index contributed by atoms with van der Waals surface area (Å²) in [6.07, 6.45) is -0.0703. The summed E-state index contributed by atoms with van der Waals surface area (Å²) < 4.78 is 20.9. The van der Waals surface area contributed by atoms with Crippen LogP contribution in [0.15, 0.2) is 57.7 Å². The van der Waals surface area contributed by atoms with Crippen molar-refractivity contribution in [3.63, 3.8) is 0 Å². The maximum atomic E-state index is 12.5. The quantitative estimate of drug-likeness (QED) is 0.437. The van der Waals surface area contributed by atoms with Gasteiger partial charge in [-0.05, 0) is 29.8 Å². The fourth-order valence-electron chi connectivity index (χ4n) is 3.17. The molecule has 3 aromatic rings. The normalized spacial score (nSPS) is 11.6. The molecule has 3 rings (SSSR count). The first-order chi connectivity index (χ1) is 14.9. The zero-order chi connectivity index (χ0) is 22.4. The van der Waals surface area contributed by atoms with Crippen LogP contribution in [0.25, 0.3) is 11.0 Å². The van der Waals surface area contributed by atoms with Gasteiger partial charge >= 0.3 is 11.6 Å². The summed E-state index contributed by atoms with van der Waals surface area (Å²) in [6, 6.07) is 12.8. The van der Waals surface area contributed by atoms with E-state index < -0.39 is 17.6 Å². The van der Waals surface area contributed by atoms with Crippen LogP contribution in [-0.2, 0) is 20.9 Å². The van der Waals surface area contributed by atoms with Crippen LogP contribution in [0, 0.1) is 0 Å². The molecule has 162 valence electrons. The largest absolute Gasteiger partial charge is 0.497 e. The molecule has 0 aliphatic carbocycles. The van der Waals surface area contributed by atoms with Crippen LogP contribution in [0.3, 0.4) is 0 Å². The predicted octanol–water partition coefficient (Wildman–Crippen LogP) is 3.12. The molecule has 0 unspecified atom stereocenters. The predicted molar refractivity (Wildman–Crippen MR) is 113 cm³/mol. The molecule has 1 aromatic heterocycles. The molecule has 1 atom stereocenters. The van der Waals surface area contributed by atoms with Gasteiger partial charge in [0, 0.05) is 30.0 Å². The highest BCUT2D eigenvalue weighted by atomic mass is 16.5. The molecule has 0 spiro atoms. The number of carbonyl (C=O) groups excluding carboxylic acids is 2. The second-order valence-electron chi connectivity index (χ2n) is 6.84. The highest BCUT2D eigenvalue weighted by Gasteiger charge is 2.19. The number of ether oxygens (including phenoxy) is 3. The van der Waals surface area contributed by atoms with Crippen molar-refractivity contribution in [1.29, 1.82) is 0 Å². The Morgan fingerprint density at radius 3 is 2.32 bits per heavy atom. The monoisotopic (exact) mass is 425 g/mol. The van der Waals surface area contributed by atoms with Crippen molar-refractivity contribution >= 4 is 22.8 Å². The topological polar surface area (TPSA) is 104 Å². The third-order valence-corrected chi connectivity index (χ3v) is 4.69. The molecule has 31 heavy (non-hydrogen) atoms. The Labute approximate surface area is 178 Å². The summed E-state index contributed by atoms with van der Waals surface area (Å²) in [5, 5.41) is 3.40. The Balaban J connectivity index is 1.74. The van der Waals surface area contributed by atoms with Crippen LogP contribution >= 0.6 is 0 Å². The zero-order valence-corrected chi connectivity index (χ0v) is 17.5. The van der Waals surface area contributed by atoms with Gasteiger partial charge in [-0.25, -0.2) is 4.79 Å². The van der Waals surface area contributed by atoms with E-state index in [0.717, 1.165) is 5.56 Å². The van der Waals surface area contributed by atoms with E-state index in [-0.39, 0.29) is 18.9 Å². The minimum Gasteiger partial charge on any atom is -0.497 e.